The predicted molar refractivity (Wildman–Crippen MR) is 102 cm³/mol. The van der Waals surface area contributed by atoms with Crippen molar-refractivity contribution in [2.45, 2.75) is 6.42 Å². The molecule has 0 atom stereocenters. The molecule has 0 unspecified atom stereocenters. The molecule has 0 aliphatic heterocycles. The van der Waals surface area contributed by atoms with Crippen molar-refractivity contribution in [2.75, 3.05) is 24.3 Å². The van der Waals surface area contributed by atoms with Gasteiger partial charge in [0.25, 0.3) is 5.91 Å². The Bertz CT molecular complexity index is 868. The number of aromatic nitrogens is 2. The van der Waals surface area contributed by atoms with E-state index in [1.165, 1.54) is 0 Å². The lowest BCUT2D eigenvalue weighted by atomic mass is 10.1. The van der Waals surface area contributed by atoms with Crippen LogP contribution >= 0.6 is 0 Å². The predicted octanol–water partition coefficient (Wildman–Crippen LogP) is 3.39. The Labute approximate surface area is 152 Å². The molecular formula is C20H20N4O2. The smallest absolute Gasteiger partial charge is 0.274 e. The van der Waals surface area contributed by atoms with Crippen LogP contribution in [0.4, 0.5) is 11.6 Å². The summed E-state index contributed by atoms with van der Waals surface area (Å²) in [6.45, 7) is 0.650. The summed E-state index contributed by atoms with van der Waals surface area (Å²) in [6, 6.07) is 18.8. The van der Waals surface area contributed by atoms with Crippen molar-refractivity contribution in [1.82, 2.24) is 9.97 Å². The van der Waals surface area contributed by atoms with Crippen LogP contribution in [0, 0.1) is 0 Å². The second-order valence-electron chi connectivity index (χ2n) is 5.61. The molecule has 2 N–H and O–H groups in total. The molecular weight excluding hydrogens is 328 g/mol. The van der Waals surface area contributed by atoms with Gasteiger partial charge >= 0.3 is 0 Å². The summed E-state index contributed by atoms with van der Waals surface area (Å²) in [5.41, 5.74) is 2.19. The minimum absolute atomic E-state index is 0.269. The van der Waals surface area contributed by atoms with Crippen LogP contribution in [-0.4, -0.2) is 29.5 Å². The van der Waals surface area contributed by atoms with Crippen molar-refractivity contribution in [3.8, 4) is 5.75 Å². The Kier molecular flexibility index (Phi) is 5.77. The molecule has 2 aromatic carbocycles. The number of benzene rings is 2. The number of hydrogen-bond acceptors (Lipinski definition) is 5. The fourth-order valence-corrected chi connectivity index (χ4v) is 2.43. The molecule has 132 valence electrons. The summed E-state index contributed by atoms with van der Waals surface area (Å²) in [6.07, 6.45) is 2.36. The topological polar surface area (TPSA) is 76.1 Å². The zero-order chi connectivity index (χ0) is 18.2. The standard InChI is InChI=1S/C20H20N4O2/c1-26-17-9-5-6-15(14-17)10-12-21-20-22-13-11-18(24-20)19(25)23-16-7-3-2-4-8-16/h2-9,11,13-14H,10,12H2,1H3,(H,23,25)(H,21,22,24). The normalized spacial score (nSPS) is 10.2. The maximum atomic E-state index is 12.3. The molecule has 0 radical (unpaired) electrons. The summed E-state index contributed by atoms with van der Waals surface area (Å²) < 4.78 is 5.22. The van der Waals surface area contributed by atoms with Crippen LogP contribution in [0.2, 0.25) is 0 Å². The first-order valence-corrected chi connectivity index (χ1v) is 8.31. The van der Waals surface area contributed by atoms with E-state index in [1.807, 2.05) is 54.6 Å². The van der Waals surface area contributed by atoms with Crippen molar-refractivity contribution < 1.29 is 9.53 Å². The minimum atomic E-state index is -0.269. The van der Waals surface area contributed by atoms with E-state index in [1.54, 1.807) is 19.4 Å². The molecule has 1 aromatic heterocycles. The van der Waals surface area contributed by atoms with E-state index < -0.39 is 0 Å². The SMILES string of the molecule is COc1cccc(CCNc2nccc(C(=O)Nc3ccccc3)n2)c1. The zero-order valence-corrected chi connectivity index (χ0v) is 14.5. The first-order chi connectivity index (χ1) is 12.7. The van der Waals surface area contributed by atoms with Crippen molar-refractivity contribution in [2.24, 2.45) is 0 Å². The molecule has 3 rings (SSSR count). The second-order valence-corrected chi connectivity index (χ2v) is 5.61. The van der Waals surface area contributed by atoms with E-state index in [0.717, 1.165) is 23.4 Å². The van der Waals surface area contributed by atoms with E-state index in [2.05, 4.69) is 20.6 Å². The van der Waals surface area contributed by atoms with Gasteiger partial charge in [-0.2, -0.15) is 0 Å². The highest BCUT2D eigenvalue weighted by Gasteiger charge is 2.09. The lowest BCUT2D eigenvalue weighted by Crippen LogP contribution is -2.16. The zero-order valence-electron chi connectivity index (χ0n) is 14.5. The van der Waals surface area contributed by atoms with E-state index in [0.29, 0.717) is 18.2 Å². The highest BCUT2D eigenvalue weighted by atomic mass is 16.5. The maximum Gasteiger partial charge on any atom is 0.274 e. The third-order valence-electron chi connectivity index (χ3n) is 3.75. The van der Waals surface area contributed by atoms with E-state index in [4.69, 9.17) is 4.74 Å². The van der Waals surface area contributed by atoms with Gasteiger partial charge in [-0.3, -0.25) is 4.79 Å². The van der Waals surface area contributed by atoms with Crippen LogP contribution in [0.15, 0.2) is 66.9 Å². The van der Waals surface area contributed by atoms with Gasteiger partial charge in [0, 0.05) is 18.4 Å². The molecule has 6 heteroatoms. The Morgan fingerprint density at radius 2 is 1.92 bits per heavy atom. The lowest BCUT2D eigenvalue weighted by Gasteiger charge is -2.08. The third-order valence-corrected chi connectivity index (χ3v) is 3.75. The number of methoxy groups -OCH3 is 1. The highest BCUT2D eigenvalue weighted by Crippen LogP contribution is 2.13. The van der Waals surface area contributed by atoms with Gasteiger partial charge in [-0.15, -0.1) is 0 Å². The first-order valence-electron chi connectivity index (χ1n) is 8.31. The van der Waals surface area contributed by atoms with Crippen LogP contribution in [0.25, 0.3) is 0 Å². The van der Waals surface area contributed by atoms with Crippen LogP contribution < -0.4 is 15.4 Å². The molecule has 0 aliphatic carbocycles. The van der Waals surface area contributed by atoms with Gasteiger partial charge in [0.15, 0.2) is 0 Å². The van der Waals surface area contributed by atoms with Gasteiger partial charge in [-0.25, -0.2) is 9.97 Å². The number of nitrogens with zero attached hydrogens (tertiary/aromatic N) is 2. The number of carbonyl (C=O) groups excluding carboxylic acids is 1. The molecule has 3 aromatic rings. The number of para-hydroxylation sites is 1. The van der Waals surface area contributed by atoms with Gasteiger partial charge in [-0.05, 0) is 42.3 Å². The molecule has 0 aliphatic rings. The van der Waals surface area contributed by atoms with Gasteiger partial charge in [0.05, 0.1) is 7.11 Å². The van der Waals surface area contributed by atoms with Crippen LogP contribution in [0.3, 0.4) is 0 Å². The van der Waals surface area contributed by atoms with E-state index >= 15 is 0 Å². The maximum absolute atomic E-state index is 12.3. The number of rotatable bonds is 7. The third kappa shape index (κ3) is 4.80. The van der Waals surface area contributed by atoms with Gasteiger partial charge in [0.2, 0.25) is 5.95 Å². The van der Waals surface area contributed by atoms with Crippen LogP contribution in [0.1, 0.15) is 16.1 Å². The van der Waals surface area contributed by atoms with Gasteiger partial charge in [0.1, 0.15) is 11.4 Å². The summed E-state index contributed by atoms with van der Waals surface area (Å²) >= 11 is 0. The summed E-state index contributed by atoms with van der Waals surface area (Å²) in [5, 5.41) is 5.96. The Morgan fingerprint density at radius 3 is 2.73 bits per heavy atom. The number of amides is 1. The summed E-state index contributed by atoms with van der Waals surface area (Å²) in [7, 11) is 1.65. The van der Waals surface area contributed by atoms with Gasteiger partial charge < -0.3 is 15.4 Å². The second kappa shape index (κ2) is 8.62. The number of carbonyl (C=O) groups is 1. The molecule has 6 nitrogen and oxygen atoms in total. The Balaban J connectivity index is 1.57. The Hall–Kier alpha value is -3.41. The highest BCUT2D eigenvalue weighted by molar-refractivity contribution is 6.02. The van der Waals surface area contributed by atoms with Crippen molar-refractivity contribution >= 4 is 17.5 Å². The molecule has 0 bridgehead atoms. The minimum Gasteiger partial charge on any atom is -0.497 e. The average Bonchev–Trinajstić information content (AvgIpc) is 2.69. The fourth-order valence-electron chi connectivity index (χ4n) is 2.43. The van der Waals surface area contributed by atoms with E-state index in [9.17, 15) is 4.79 Å². The monoisotopic (exact) mass is 348 g/mol. The van der Waals surface area contributed by atoms with Crippen molar-refractivity contribution in [3.05, 3.63) is 78.1 Å². The lowest BCUT2D eigenvalue weighted by molar-refractivity contribution is 0.102. The molecule has 0 fully saturated rings. The number of anilines is 2. The molecule has 0 spiro atoms. The Morgan fingerprint density at radius 1 is 1.08 bits per heavy atom. The largest absolute Gasteiger partial charge is 0.497 e. The molecule has 1 amide bonds. The quantitative estimate of drug-likeness (QED) is 0.684. The van der Waals surface area contributed by atoms with Crippen LogP contribution in [0.5, 0.6) is 5.75 Å². The van der Waals surface area contributed by atoms with Gasteiger partial charge in [-0.1, -0.05) is 30.3 Å². The van der Waals surface area contributed by atoms with Crippen molar-refractivity contribution in [3.63, 3.8) is 0 Å². The fraction of sp³-hybridized carbons (Fsp3) is 0.150. The molecule has 0 saturated heterocycles. The molecule has 26 heavy (non-hydrogen) atoms. The number of nitrogens with one attached hydrogen (secondary N) is 2. The number of ether oxygens (including phenoxy) is 1. The number of hydrogen-bond donors (Lipinski definition) is 2. The summed E-state index contributed by atoms with van der Waals surface area (Å²) in [4.78, 5) is 20.7. The van der Waals surface area contributed by atoms with E-state index in [-0.39, 0.29) is 5.91 Å². The van der Waals surface area contributed by atoms with Crippen molar-refractivity contribution in [1.29, 1.82) is 0 Å². The first kappa shape index (κ1) is 17.4. The molecule has 0 saturated carbocycles. The molecule has 1 heterocycles. The average molecular weight is 348 g/mol. The van der Waals surface area contributed by atoms with Crippen LogP contribution in [-0.2, 0) is 6.42 Å². The summed E-state index contributed by atoms with van der Waals surface area (Å²) in [5.74, 6) is 0.987.